The summed E-state index contributed by atoms with van der Waals surface area (Å²) < 4.78 is 2.27. The fraction of sp³-hybridized carbons (Fsp3) is 0.769. The monoisotopic (exact) mass is 234 g/mol. The van der Waals surface area contributed by atoms with E-state index in [0.717, 1.165) is 25.6 Å². The van der Waals surface area contributed by atoms with Crippen LogP contribution in [0.1, 0.15) is 25.6 Å². The van der Waals surface area contributed by atoms with Gasteiger partial charge in [-0.1, -0.05) is 6.92 Å². The Kier molecular flexibility index (Phi) is 3.16. The van der Waals surface area contributed by atoms with E-state index in [0.29, 0.717) is 6.04 Å². The fourth-order valence-electron chi connectivity index (χ4n) is 3.02. The molecule has 4 heteroatoms. The highest BCUT2D eigenvalue weighted by molar-refractivity contribution is 4.96. The molecule has 2 unspecified atom stereocenters. The summed E-state index contributed by atoms with van der Waals surface area (Å²) in [5.41, 5.74) is 0. The predicted molar refractivity (Wildman–Crippen MR) is 67.7 cm³/mol. The minimum absolute atomic E-state index is 0.672. The van der Waals surface area contributed by atoms with E-state index in [1.807, 2.05) is 6.20 Å². The Morgan fingerprint density at radius 1 is 1.47 bits per heavy atom. The Morgan fingerprint density at radius 3 is 3.29 bits per heavy atom. The van der Waals surface area contributed by atoms with Gasteiger partial charge in [0.05, 0.1) is 6.54 Å². The summed E-state index contributed by atoms with van der Waals surface area (Å²) in [6.07, 6.45) is 6.72. The van der Waals surface area contributed by atoms with Crippen LogP contribution in [0.15, 0.2) is 12.4 Å². The third kappa shape index (κ3) is 2.38. The van der Waals surface area contributed by atoms with Crippen molar-refractivity contribution < 1.29 is 0 Å². The molecule has 2 aliphatic rings. The van der Waals surface area contributed by atoms with Crippen molar-refractivity contribution in [2.24, 2.45) is 5.92 Å². The van der Waals surface area contributed by atoms with Crippen LogP contribution in [0.5, 0.6) is 0 Å². The van der Waals surface area contributed by atoms with Crippen LogP contribution in [0, 0.1) is 5.92 Å². The van der Waals surface area contributed by atoms with Crippen LogP contribution in [0.25, 0.3) is 0 Å². The maximum Gasteiger partial charge on any atom is 0.122 e. The topological polar surface area (TPSA) is 33.1 Å². The van der Waals surface area contributed by atoms with Gasteiger partial charge in [0.25, 0.3) is 0 Å². The van der Waals surface area contributed by atoms with Gasteiger partial charge in [0, 0.05) is 38.1 Å². The number of nitrogens with zero attached hydrogens (tertiary/aromatic N) is 3. The van der Waals surface area contributed by atoms with Gasteiger partial charge in [-0.25, -0.2) is 4.98 Å². The number of nitrogens with one attached hydrogen (secondary N) is 1. The number of piperidine rings is 1. The second-order valence-corrected chi connectivity index (χ2v) is 5.45. The van der Waals surface area contributed by atoms with Gasteiger partial charge in [-0.3, -0.25) is 4.90 Å². The molecule has 1 aromatic rings. The van der Waals surface area contributed by atoms with Crippen LogP contribution in [0.2, 0.25) is 0 Å². The third-order valence-corrected chi connectivity index (χ3v) is 4.21. The molecule has 0 saturated carbocycles. The first-order valence-electron chi connectivity index (χ1n) is 6.78. The van der Waals surface area contributed by atoms with Crippen molar-refractivity contribution in [3.05, 3.63) is 18.2 Å². The highest BCUT2D eigenvalue weighted by Crippen LogP contribution is 2.18. The minimum atomic E-state index is 0.672. The molecule has 0 aromatic carbocycles. The number of hydrogen-bond acceptors (Lipinski definition) is 3. The lowest BCUT2D eigenvalue weighted by Gasteiger charge is -2.36. The van der Waals surface area contributed by atoms with E-state index in [9.17, 15) is 0 Å². The molecule has 1 N–H and O–H groups in total. The molecule has 3 heterocycles. The van der Waals surface area contributed by atoms with Crippen molar-refractivity contribution in [2.75, 3.05) is 19.6 Å². The molecule has 4 nitrogen and oxygen atoms in total. The van der Waals surface area contributed by atoms with Gasteiger partial charge >= 0.3 is 0 Å². The van der Waals surface area contributed by atoms with Crippen molar-refractivity contribution >= 4 is 0 Å². The summed E-state index contributed by atoms with van der Waals surface area (Å²) >= 11 is 0. The molecule has 94 valence electrons. The van der Waals surface area contributed by atoms with Gasteiger partial charge < -0.3 is 9.88 Å². The molecule has 0 bridgehead atoms. The molecular formula is C13H22N4. The van der Waals surface area contributed by atoms with E-state index in [-0.39, 0.29) is 0 Å². The summed E-state index contributed by atoms with van der Waals surface area (Å²) in [6, 6.07) is 0.672. The zero-order chi connectivity index (χ0) is 11.7. The van der Waals surface area contributed by atoms with Crippen LogP contribution in [-0.4, -0.2) is 40.1 Å². The average molecular weight is 234 g/mol. The van der Waals surface area contributed by atoms with Gasteiger partial charge in [0.1, 0.15) is 5.82 Å². The lowest BCUT2D eigenvalue weighted by atomic mass is 9.92. The summed E-state index contributed by atoms with van der Waals surface area (Å²) in [6.45, 7) is 8.01. The number of aromatic nitrogens is 2. The summed E-state index contributed by atoms with van der Waals surface area (Å²) in [4.78, 5) is 6.96. The molecule has 1 fully saturated rings. The zero-order valence-corrected chi connectivity index (χ0v) is 10.6. The molecule has 0 amide bonds. The highest BCUT2D eigenvalue weighted by Gasteiger charge is 2.25. The van der Waals surface area contributed by atoms with E-state index in [2.05, 4.69) is 32.9 Å². The summed E-state index contributed by atoms with van der Waals surface area (Å²) in [5, 5.41) is 3.67. The summed E-state index contributed by atoms with van der Waals surface area (Å²) in [7, 11) is 0. The van der Waals surface area contributed by atoms with Crippen molar-refractivity contribution in [1.82, 2.24) is 19.8 Å². The largest absolute Gasteiger partial charge is 0.333 e. The van der Waals surface area contributed by atoms with Gasteiger partial charge in [-0.2, -0.15) is 0 Å². The number of fused-ring (bicyclic) bond motifs is 1. The van der Waals surface area contributed by atoms with Gasteiger partial charge in [-0.05, 0) is 25.3 Å². The summed E-state index contributed by atoms with van der Waals surface area (Å²) in [5.74, 6) is 2.03. The first-order chi connectivity index (χ1) is 8.33. The Balaban J connectivity index is 1.60. The Labute approximate surface area is 103 Å². The van der Waals surface area contributed by atoms with Crippen molar-refractivity contribution in [3.63, 3.8) is 0 Å². The first kappa shape index (κ1) is 11.2. The van der Waals surface area contributed by atoms with E-state index in [1.54, 1.807) is 0 Å². The van der Waals surface area contributed by atoms with Crippen LogP contribution in [0.3, 0.4) is 0 Å². The molecule has 0 radical (unpaired) electrons. The Morgan fingerprint density at radius 2 is 2.41 bits per heavy atom. The fourth-order valence-corrected chi connectivity index (χ4v) is 3.02. The average Bonchev–Trinajstić information content (AvgIpc) is 2.79. The number of rotatable bonds is 2. The second-order valence-electron chi connectivity index (χ2n) is 5.45. The van der Waals surface area contributed by atoms with Crippen LogP contribution < -0.4 is 5.32 Å². The maximum atomic E-state index is 4.42. The van der Waals surface area contributed by atoms with Crippen molar-refractivity contribution in [1.29, 1.82) is 0 Å². The van der Waals surface area contributed by atoms with Crippen LogP contribution in [0.4, 0.5) is 0 Å². The predicted octanol–water partition coefficient (Wildman–Crippen LogP) is 1.09. The number of hydrogen-bond donors (Lipinski definition) is 1. The van der Waals surface area contributed by atoms with Crippen molar-refractivity contribution in [3.8, 4) is 0 Å². The standard InChI is InChI=1S/C13H22N4/c1-11-3-2-4-14-12(11)9-16-7-8-17-6-5-15-13(17)10-16/h5-6,11-12,14H,2-4,7-10H2,1H3. The van der Waals surface area contributed by atoms with Gasteiger partial charge in [0.15, 0.2) is 0 Å². The molecule has 0 aliphatic carbocycles. The molecular weight excluding hydrogens is 212 g/mol. The maximum absolute atomic E-state index is 4.42. The lowest BCUT2D eigenvalue weighted by molar-refractivity contribution is 0.160. The molecule has 1 saturated heterocycles. The van der Waals surface area contributed by atoms with Crippen molar-refractivity contribution in [2.45, 2.75) is 38.9 Å². The lowest BCUT2D eigenvalue weighted by Crippen LogP contribution is -2.49. The highest BCUT2D eigenvalue weighted by atomic mass is 15.2. The quantitative estimate of drug-likeness (QED) is 0.831. The molecule has 17 heavy (non-hydrogen) atoms. The SMILES string of the molecule is CC1CCCNC1CN1CCn2ccnc2C1. The molecule has 2 aliphatic heterocycles. The van der Waals surface area contributed by atoms with Crippen LogP contribution >= 0.6 is 0 Å². The molecule has 1 aromatic heterocycles. The van der Waals surface area contributed by atoms with E-state index in [4.69, 9.17) is 0 Å². The zero-order valence-electron chi connectivity index (χ0n) is 10.6. The van der Waals surface area contributed by atoms with Crippen LogP contribution in [-0.2, 0) is 13.1 Å². The Bertz CT molecular complexity index is 373. The molecule has 3 rings (SSSR count). The normalized spacial score (nSPS) is 30.2. The molecule has 2 atom stereocenters. The Hall–Kier alpha value is -0.870. The van der Waals surface area contributed by atoms with E-state index < -0.39 is 0 Å². The minimum Gasteiger partial charge on any atom is -0.333 e. The van der Waals surface area contributed by atoms with Gasteiger partial charge in [-0.15, -0.1) is 0 Å². The van der Waals surface area contributed by atoms with E-state index in [1.165, 1.54) is 31.8 Å². The first-order valence-corrected chi connectivity index (χ1v) is 6.78. The smallest absolute Gasteiger partial charge is 0.122 e. The third-order valence-electron chi connectivity index (χ3n) is 4.21. The van der Waals surface area contributed by atoms with Gasteiger partial charge in [0.2, 0.25) is 0 Å². The van der Waals surface area contributed by atoms with E-state index >= 15 is 0 Å². The molecule has 0 spiro atoms. The number of imidazole rings is 1. The second kappa shape index (κ2) is 4.78.